The van der Waals surface area contributed by atoms with Crippen LogP contribution >= 0.6 is 0 Å². The SMILES string of the molecule is CCN(C(=O)c1cc2ccccc2[nH]1)[C@@H]1C=C(NCc2ccc3ncoc3c2)CCC1. The van der Waals surface area contributed by atoms with E-state index in [1.165, 1.54) is 12.1 Å². The molecule has 0 unspecified atom stereocenters. The van der Waals surface area contributed by atoms with Crippen LogP contribution in [0.3, 0.4) is 0 Å². The maximum Gasteiger partial charge on any atom is 0.270 e. The first-order valence-electron chi connectivity index (χ1n) is 10.9. The van der Waals surface area contributed by atoms with Gasteiger partial charge < -0.3 is 19.6 Å². The fourth-order valence-corrected chi connectivity index (χ4v) is 4.39. The molecule has 0 saturated heterocycles. The lowest BCUT2D eigenvalue weighted by atomic mass is 9.98. The quantitative estimate of drug-likeness (QED) is 0.466. The number of carbonyl (C=O) groups is 1. The zero-order chi connectivity index (χ0) is 21.2. The van der Waals surface area contributed by atoms with Crippen molar-refractivity contribution in [1.29, 1.82) is 0 Å². The first-order valence-corrected chi connectivity index (χ1v) is 10.9. The Labute approximate surface area is 181 Å². The fourth-order valence-electron chi connectivity index (χ4n) is 4.39. The Hall–Kier alpha value is -3.54. The number of likely N-dealkylation sites (N-methyl/N-ethyl adjacent to an activating group) is 1. The summed E-state index contributed by atoms with van der Waals surface area (Å²) in [6.45, 7) is 3.44. The number of carbonyl (C=O) groups excluding carboxylic acids is 1. The second-order valence-electron chi connectivity index (χ2n) is 8.02. The van der Waals surface area contributed by atoms with Crippen LogP contribution in [0.2, 0.25) is 0 Å². The van der Waals surface area contributed by atoms with Crippen LogP contribution in [0, 0.1) is 0 Å². The van der Waals surface area contributed by atoms with Gasteiger partial charge >= 0.3 is 0 Å². The Balaban J connectivity index is 1.30. The van der Waals surface area contributed by atoms with E-state index in [9.17, 15) is 4.79 Å². The summed E-state index contributed by atoms with van der Waals surface area (Å²) in [6, 6.07) is 16.1. The Bertz CT molecular complexity index is 1220. The lowest BCUT2D eigenvalue weighted by molar-refractivity contribution is 0.0706. The largest absolute Gasteiger partial charge is 0.443 e. The second-order valence-corrected chi connectivity index (χ2v) is 8.02. The molecule has 0 spiro atoms. The van der Waals surface area contributed by atoms with Crippen LogP contribution in [0.5, 0.6) is 0 Å². The van der Waals surface area contributed by atoms with E-state index < -0.39 is 0 Å². The van der Waals surface area contributed by atoms with Crippen LogP contribution in [-0.4, -0.2) is 33.4 Å². The fraction of sp³-hybridized carbons (Fsp3) is 0.280. The van der Waals surface area contributed by atoms with Crippen molar-refractivity contribution in [3.05, 3.63) is 78.0 Å². The number of fused-ring (bicyclic) bond motifs is 2. The van der Waals surface area contributed by atoms with Gasteiger partial charge in [0.2, 0.25) is 0 Å². The van der Waals surface area contributed by atoms with Crippen LogP contribution in [0.15, 0.2) is 71.1 Å². The molecular formula is C25H26N4O2. The summed E-state index contributed by atoms with van der Waals surface area (Å²) in [6.07, 6.45) is 6.73. The van der Waals surface area contributed by atoms with Gasteiger partial charge in [-0.05, 0) is 62.1 Å². The topological polar surface area (TPSA) is 74.2 Å². The number of nitrogens with zero attached hydrogens (tertiary/aromatic N) is 2. The van der Waals surface area contributed by atoms with Crippen molar-refractivity contribution in [2.24, 2.45) is 0 Å². The minimum atomic E-state index is 0.0528. The zero-order valence-electron chi connectivity index (χ0n) is 17.6. The maximum absolute atomic E-state index is 13.3. The van der Waals surface area contributed by atoms with Gasteiger partial charge in [-0.15, -0.1) is 0 Å². The lowest BCUT2D eigenvalue weighted by Crippen LogP contribution is -2.41. The molecule has 158 valence electrons. The van der Waals surface area contributed by atoms with Crippen molar-refractivity contribution < 1.29 is 9.21 Å². The van der Waals surface area contributed by atoms with Crippen molar-refractivity contribution in [3.8, 4) is 0 Å². The molecule has 0 saturated carbocycles. The molecule has 2 heterocycles. The molecule has 1 aliphatic carbocycles. The number of allylic oxidation sites excluding steroid dienone is 1. The normalized spacial score (nSPS) is 16.4. The molecule has 2 aromatic heterocycles. The van der Waals surface area contributed by atoms with E-state index >= 15 is 0 Å². The molecule has 0 aliphatic heterocycles. The van der Waals surface area contributed by atoms with Crippen molar-refractivity contribution in [2.45, 2.75) is 38.8 Å². The summed E-state index contributed by atoms with van der Waals surface area (Å²) in [4.78, 5) is 22.7. The van der Waals surface area contributed by atoms with Crippen LogP contribution in [0.4, 0.5) is 0 Å². The first kappa shape index (κ1) is 19.4. The number of amides is 1. The van der Waals surface area contributed by atoms with E-state index in [-0.39, 0.29) is 11.9 Å². The predicted molar refractivity (Wildman–Crippen MR) is 122 cm³/mol. The number of aromatic amines is 1. The molecule has 0 radical (unpaired) electrons. The molecule has 6 nitrogen and oxygen atoms in total. The third-order valence-electron chi connectivity index (χ3n) is 6.02. The van der Waals surface area contributed by atoms with Crippen LogP contribution in [0.1, 0.15) is 42.2 Å². The summed E-state index contributed by atoms with van der Waals surface area (Å²) in [7, 11) is 0. The number of benzene rings is 2. The molecule has 6 heteroatoms. The van der Waals surface area contributed by atoms with E-state index in [2.05, 4.69) is 27.4 Å². The van der Waals surface area contributed by atoms with E-state index in [0.29, 0.717) is 12.2 Å². The molecule has 1 amide bonds. The van der Waals surface area contributed by atoms with E-state index in [0.717, 1.165) is 53.4 Å². The van der Waals surface area contributed by atoms with Gasteiger partial charge in [0.1, 0.15) is 11.2 Å². The van der Waals surface area contributed by atoms with Crippen molar-refractivity contribution in [3.63, 3.8) is 0 Å². The third-order valence-corrected chi connectivity index (χ3v) is 6.02. The van der Waals surface area contributed by atoms with Crippen molar-refractivity contribution in [1.82, 2.24) is 20.2 Å². The number of nitrogens with one attached hydrogen (secondary N) is 2. The lowest BCUT2D eigenvalue weighted by Gasteiger charge is -2.32. The average Bonchev–Trinajstić information content (AvgIpc) is 3.45. The van der Waals surface area contributed by atoms with E-state index in [4.69, 9.17) is 4.42 Å². The second kappa shape index (κ2) is 8.30. The van der Waals surface area contributed by atoms with Crippen LogP contribution in [-0.2, 0) is 6.54 Å². The highest BCUT2D eigenvalue weighted by Crippen LogP contribution is 2.24. The van der Waals surface area contributed by atoms with Gasteiger partial charge in [-0.3, -0.25) is 4.79 Å². The van der Waals surface area contributed by atoms with Gasteiger partial charge in [-0.25, -0.2) is 4.98 Å². The first-order chi connectivity index (χ1) is 15.2. The number of hydrogen-bond donors (Lipinski definition) is 2. The molecular weight excluding hydrogens is 388 g/mol. The summed E-state index contributed by atoms with van der Waals surface area (Å²) >= 11 is 0. The standard InChI is InChI=1S/C25H26N4O2/c1-2-29(25(30)23-13-18-6-3-4-9-21(18)28-23)20-8-5-7-19(14-20)26-15-17-10-11-22-24(12-17)31-16-27-22/h3-4,6,9-14,16,20,26,28H,2,5,7-8,15H2,1H3/t20-/m0/s1. The smallest absolute Gasteiger partial charge is 0.270 e. The molecule has 1 aliphatic rings. The minimum Gasteiger partial charge on any atom is -0.443 e. The van der Waals surface area contributed by atoms with Gasteiger partial charge in [0.25, 0.3) is 5.91 Å². The third kappa shape index (κ3) is 3.93. The molecule has 4 aromatic rings. The Kier molecular flexibility index (Phi) is 5.20. The Morgan fingerprint density at radius 2 is 2.16 bits per heavy atom. The molecule has 31 heavy (non-hydrogen) atoms. The summed E-state index contributed by atoms with van der Waals surface area (Å²) in [5.74, 6) is 0.0528. The molecule has 2 aromatic carbocycles. The number of hydrogen-bond acceptors (Lipinski definition) is 4. The summed E-state index contributed by atoms with van der Waals surface area (Å²) in [5, 5.41) is 4.62. The molecule has 2 N–H and O–H groups in total. The highest BCUT2D eigenvalue weighted by molar-refractivity contribution is 5.98. The molecule has 0 bridgehead atoms. The van der Waals surface area contributed by atoms with Gasteiger partial charge in [0.15, 0.2) is 12.0 Å². The molecule has 1 atom stereocenters. The minimum absolute atomic E-state index is 0.0528. The summed E-state index contributed by atoms with van der Waals surface area (Å²) < 4.78 is 5.40. The monoisotopic (exact) mass is 414 g/mol. The highest BCUT2D eigenvalue weighted by atomic mass is 16.3. The van der Waals surface area contributed by atoms with Gasteiger partial charge in [-0.2, -0.15) is 0 Å². The van der Waals surface area contributed by atoms with Gasteiger partial charge in [0.05, 0.1) is 6.04 Å². The number of oxazole rings is 1. The Morgan fingerprint density at radius 3 is 3.03 bits per heavy atom. The Morgan fingerprint density at radius 1 is 1.26 bits per heavy atom. The van der Waals surface area contributed by atoms with Crippen LogP contribution < -0.4 is 5.32 Å². The number of para-hydroxylation sites is 1. The summed E-state index contributed by atoms with van der Waals surface area (Å²) in [5.41, 5.74) is 5.65. The van der Waals surface area contributed by atoms with Gasteiger partial charge in [-0.1, -0.05) is 24.3 Å². The number of H-pyrrole nitrogens is 1. The number of rotatable bonds is 6. The highest BCUT2D eigenvalue weighted by Gasteiger charge is 2.25. The molecule has 5 rings (SSSR count). The number of aromatic nitrogens is 2. The van der Waals surface area contributed by atoms with E-state index in [1.807, 2.05) is 54.3 Å². The predicted octanol–water partition coefficient (Wildman–Crippen LogP) is 5.00. The van der Waals surface area contributed by atoms with Crippen molar-refractivity contribution >= 4 is 27.9 Å². The van der Waals surface area contributed by atoms with E-state index in [1.54, 1.807) is 0 Å². The average molecular weight is 415 g/mol. The van der Waals surface area contributed by atoms with Gasteiger partial charge in [0, 0.05) is 29.7 Å². The zero-order valence-corrected chi connectivity index (χ0v) is 17.6. The molecule has 0 fully saturated rings. The van der Waals surface area contributed by atoms with Crippen molar-refractivity contribution in [2.75, 3.05) is 6.54 Å². The maximum atomic E-state index is 13.3. The van der Waals surface area contributed by atoms with Crippen LogP contribution in [0.25, 0.3) is 22.0 Å².